The van der Waals surface area contributed by atoms with Gasteiger partial charge >= 0.3 is 0 Å². The average Bonchev–Trinajstić information content (AvgIpc) is 3.15. The molecule has 7 heteroatoms. The van der Waals surface area contributed by atoms with Crippen molar-refractivity contribution in [1.82, 2.24) is 9.88 Å². The molecule has 0 radical (unpaired) electrons. The van der Waals surface area contributed by atoms with E-state index in [1.165, 1.54) is 4.90 Å². The first-order valence-electron chi connectivity index (χ1n) is 12.6. The largest absolute Gasteiger partial charge is 0.507 e. The molecule has 7 nitrogen and oxygen atoms in total. The van der Waals surface area contributed by atoms with Gasteiger partial charge in [0, 0.05) is 24.5 Å². The molecule has 0 saturated carbocycles. The van der Waals surface area contributed by atoms with Crippen LogP contribution in [0.3, 0.4) is 0 Å². The molecule has 192 valence electrons. The summed E-state index contributed by atoms with van der Waals surface area (Å²) >= 11 is 0. The van der Waals surface area contributed by atoms with E-state index in [0.717, 1.165) is 24.0 Å². The van der Waals surface area contributed by atoms with Gasteiger partial charge in [-0.3, -0.25) is 14.6 Å². The van der Waals surface area contributed by atoms with Gasteiger partial charge in [0.05, 0.1) is 24.8 Å². The van der Waals surface area contributed by atoms with Crippen LogP contribution < -0.4 is 9.47 Å². The van der Waals surface area contributed by atoms with Gasteiger partial charge < -0.3 is 19.5 Å². The Morgan fingerprint density at radius 3 is 2.38 bits per heavy atom. The topological polar surface area (TPSA) is 89.0 Å². The SMILES string of the molecule is CCCCOc1ccc(C2C(=C(O)c3ccc(C)cc3)C(=O)C(=O)N2Cc2ccncc2)cc1OCC. The number of unbranched alkanes of at least 4 members (excludes halogenated alkanes) is 1. The van der Waals surface area contributed by atoms with E-state index < -0.39 is 17.7 Å². The number of aromatic nitrogens is 1. The zero-order chi connectivity index (χ0) is 26.4. The maximum absolute atomic E-state index is 13.3. The number of nitrogens with zero attached hydrogens (tertiary/aromatic N) is 2. The predicted molar refractivity (Wildman–Crippen MR) is 141 cm³/mol. The Kier molecular flexibility index (Phi) is 8.23. The molecule has 2 heterocycles. The predicted octanol–water partition coefficient (Wildman–Crippen LogP) is 5.59. The summed E-state index contributed by atoms with van der Waals surface area (Å²) in [5.74, 6) is -0.471. The smallest absolute Gasteiger partial charge is 0.295 e. The van der Waals surface area contributed by atoms with Gasteiger partial charge in [0.15, 0.2) is 11.5 Å². The Morgan fingerprint density at radius 2 is 1.70 bits per heavy atom. The molecule has 1 aliphatic heterocycles. The lowest BCUT2D eigenvalue weighted by Crippen LogP contribution is -2.29. The van der Waals surface area contributed by atoms with Crippen LogP contribution in [0.15, 0.2) is 72.6 Å². The third kappa shape index (κ3) is 5.66. The lowest BCUT2D eigenvalue weighted by molar-refractivity contribution is -0.140. The van der Waals surface area contributed by atoms with Gasteiger partial charge in [-0.1, -0.05) is 49.2 Å². The van der Waals surface area contributed by atoms with Crippen molar-refractivity contribution in [3.8, 4) is 11.5 Å². The maximum atomic E-state index is 13.3. The van der Waals surface area contributed by atoms with Crippen LogP contribution in [0.5, 0.6) is 11.5 Å². The molecule has 1 aliphatic rings. The number of hydrogen-bond acceptors (Lipinski definition) is 6. The van der Waals surface area contributed by atoms with Crippen molar-refractivity contribution in [1.29, 1.82) is 0 Å². The number of benzene rings is 2. The van der Waals surface area contributed by atoms with Crippen LogP contribution in [0.1, 0.15) is 55.0 Å². The zero-order valence-electron chi connectivity index (χ0n) is 21.4. The zero-order valence-corrected chi connectivity index (χ0v) is 21.4. The van der Waals surface area contributed by atoms with Crippen molar-refractivity contribution in [2.45, 2.75) is 46.2 Å². The number of amides is 1. The summed E-state index contributed by atoms with van der Waals surface area (Å²) < 4.78 is 11.8. The number of ether oxygens (including phenoxy) is 2. The van der Waals surface area contributed by atoms with E-state index in [1.807, 2.05) is 32.0 Å². The Bertz CT molecular complexity index is 1290. The molecule has 0 spiro atoms. The summed E-state index contributed by atoms with van der Waals surface area (Å²) in [7, 11) is 0. The minimum atomic E-state index is -0.807. The molecule has 1 aromatic heterocycles. The molecule has 2 aromatic carbocycles. The number of pyridine rings is 1. The molecule has 1 saturated heterocycles. The number of likely N-dealkylation sites (tertiary alicyclic amines) is 1. The number of aliphatic hydroxyl groups excluding tert-OH is 1. The van der Waals surface area contributed by atoms with E-state index in [9.17, 15) is 14.7 Å². The van der Waals surface area contributed by atoms with Gasteiger partial charge in [-0.05, 0) is 55.7 Å². The lowest BCUT2D eigenvalue weighted by Gasteiger charge is -2.26. The molecule has 1 unspecified atom stereocenters. The first kappa shape index (κ1) is 25.9. The highest BCUT2D eigenvalue weighted by molar-refractivity contribution is 6.46. The summed E-state index contributed by atoms with van der Waals surface area (Å²) in [6, 6.07) is 15.4. The van der Waals surface area contributed by atoms with Gasteiger partial charge in [-0.25, -0.2) is 0 Å². The molecule has 1 fully saturated rings. The van der Waals surface area contributed by atoms with Crippen LogP contribution in [-0.4, -0.2) is 39.9 Å². The maximum Gasteiger partial charge on any atom is 0.295 e. The fourth-order valence-corrected chi connectivity index (χ4v) is 4.35. The number of ketones is 1. The molecule has 1 atom stereocenters. The second kappa shape index (κ2) is 11.7. The van der Waals surface area contributed by atoms with Crippen LogP contribution in [0.25, 0.3) is 5.76 Å². The molecule has 1 N–H and O–H groups in total. The van der Waals surface area contributed by atoms with E-state index in [0.29, 0.717) is 35.8 Å². The Labute approximate surface area is 217 Å². The van der Waals surface area contributed by atoms with Crippen molar-refractivity contribution in [3.05, 3.63) is 94.8 Å². The second-order valence-corrected chi connectivity index (χ2v) is 8.99. The summed E-state index contributed by atoms with van der Waals surface area (Å²) in [4.78, 5) is 32.2. The van der Waals surface area contributed by atoms with E-state index in [1.54, 1.807) is 48.8 Å². The number of aryl methyl sites for hydroxylation is 1. The normalized spacial score (nSPS) is 16.7. The lowest BCUT2D eigenvalue weighted by atomic mass is 9.94. The van der Waals surface area contributed by atoms with Crippen molar-refractivity contribution in [2.24, 2.45) is 0 Å². The number of aliphatic hydroxyl groups is 1. The van der Waals surface area contributed by atoms with Gasteiger partial charge in [0.2, 0.25) is 0 Å². The Balaban J connectivity index is 1.83. The van der Waals surface area contributed by atoms with Crippen LogP contribution >= 0.6 is 0 Å². The minimum Gasteiger partial charge on any atom is -0.507 e. The molecule has 0 bridgehead atoms. The first-order chi connectivity index (χ1) is 17.9. The number of Topliss-reactive ketones (excluding diaryl/α,β-unsaturated/α-hetero) is 1. The van der Waals surface area contributed by atoms with E-state index in [2.05, 4.69) is 11.9 Å². The molecule has 3 aromatic rings. The molecule has 4 rings (SSSR count). The van der Waals surface area contributed by atoms with Crippen molar-refractivity contribution >= 4 is 17.4 Å². The van der Waals surface area contributed by atoms with Crippen LogP contribution in [-0.2, 0) is 16.1 Å². The molecule has 0 aliphatic carbocycles. The van der Waals surface area contributed by atoms with Crippen molar-refractivity contribution < 1.29 is 24.2 Å². The average molecular weight is 501 g/mol. The summed E-state index contributed by atoms with van der Waals surface area (Å²) in [5.41, 5.74) is 3.01. The highest BCUT2D eigenvalue weighted by Crippen LogP contribution is 2.42. The summed E-state index contributed by atoms with van der Waals surface area (Å²) in [5, 5.41) is 11.3. The standard InChI is InChI=1S/C30H32N2O5/c1-4-6-17-37-24-12-11-23(18-25(24)36-5-2)27-26(28(33)22-9-7-20(3)8-10-22)29(34)30(35)32(27)19-21-13-15-31-16-14-21/h7-16,18,27,33H,4-6,17,19H2,1-3H3. The molecular formula is C30H32N2O5. The van der Waals surface area contributed by atoms with E-state index >= 15 is 0 Å². The van der Waals surface area contributed by atoms with Gasteiger partial charge in [-0.15, -0.1) is 0 Å². The van der Waals surface area contributed by atoms with Crippen LogP contribution in [0, 0.1) is 6.92 Å². The number of rotatable bonds is 10. The monoisotopic (exact) mass is 500 g/mol. The van der Waals surface area contributed by atoms with Gasteiger partial charge in [-0.2, -0.15) is 0 Å². The van der Waals surface area contributed by atoms with Crippen molar-refractivity contribution in [2.75, 3.05) is 13.2 Å². The Morgan fingerprint density at radius 1 is 0.973 bits per heavy atom. The third-order valence-corrected chi connectivity index (χ3v) is 6.31. The summed E-state index contributed by atoms with van der Waals surface area (Å²) in [6.07, 6.45) is 5.20. The number of carbonyl (C=O) groups is 2. The van der Waals surface area contributed by atoms with Crippen molar-refractivity contribution in [3.63, 3.8) is 0 Å². The second-order valence-electron chi connectivity index (χ2n) is 8.99. The number of hydrogen-bond donors (Lipinski definition) is 1. The van der Waals surface area contributed by atoms with Gasteiger partial charge in [0.1, 0.15) is 5.76 Å². The van der Waals surface area contributed by atoms with E-state index in [4.69, 9.17) is 9.47 Å². The number of carbonyl (C=O) groups excluding carboxylic acids is 2. The highest BCUT2D eigenvalue weighted by atomic mass is 16.5. The highest BCUT2D eigenvalue weighted by Gasteiger charge is 2.46. The van der Waals surface area contributed by atoms with Crippen LogP contribution in [0.4, 0.5) is 0 Å². The fourth-order valence-electron chi connectivity index (χ4n) is 4.35. The summed E-state index contributed by atoms with van der Waals surface area (Å²) in [6.45, 7) is 7.08. The van der Waals surface area contributed by atoms with Crippen LogP contribution in [0.2, 0.25) is 0 Å². The first-order valence-corrected chi connectivity index (χ1v) is 12.6. The fraction of sp³-hybridized carbons (Fsp3) is 0.300. The molecular weight excluding hydrogens is 468 g/mol. The minimum absolute atomic E-state index is 0.0463. The molecule has 1 amide bonds. The third-order valence-electron chi connectivity index (χ3n) is 6.31. The quantitative estimate of drug-likeness (QED) is 0.169. The Hall–Kier alpha value is -4.13. The molecule has 37 heavy (non-hydrogen) atoms. The van der Waals surface area contributed by atoms with E-state index in [-0.39, 0.29) is 17.9 Å². The van der Waals surface area contributed by atoms with Gasteiger partial charge in [0.25, 0.3) is 11.7 Å².